The van der Waals surface area contributed by atoms with Gasteiger partial charge in [0.2, 0.25) is 5.91 Å². The molecular formula is C17H22N2O5. The highest BCUT2D eigenvalue weighted by atomic mass is 16.5. The number of hydrogen-bond donors (Lipinski definition) is 2. The standard InChI is InChI=1S/C17H22N2O5/c1-10-13(11(2)24-19-10)8-17(21)18-9-15(20)14-7-12(22-3)5-6-16(14)23-4/h5-7,15,20H,8-9H2,1-4H3,(H,18,21)/t15-/m1/s1. The second-order valence-corrected chi connectivity index (χ2v) is 5.41. The molecule has 0 radical (unpaired) electrons. The molecule has 0 aliphatic rings. The Labute approximate surface area is 140 Å². The molecule has 24 heavy (non-hydrogen) atoms. The van der Waals surface area contributed by atoms with Crippen LogP contribution in [0.15, 0.2) is 22.7 Å². The van der Waals surface area contributed by atoms with Crippen molar-refractivity contribution in [3.63, 3.8) is 0 Å². The summed E-state index contributed by atoms with van der Waals surface area (Å²) in [5.74, 6) is 1.54. The van der Waals surface area contributed by atoms with E-state index in [1.165, 1.54) is 7.11 Å². The number of aromatic nitrogens is 1. The van der Waals surface area contributed by atoms with Crippen LogP contribution in [0.5, 0.6) is 11.5 Å². The molecule has 0 aliphatic carbocycles. The number of aliphatic hydroxyl groups excluding tert-OH is 1. The zero-order valence-electron chi connectivity index (χ0n) is 14.3. The molecule has 1 atom stereocenters. The Bertz CT molecular complexity index is 692. The predicted molar refractivity (Wildman–Crippen MR) is 87.2 cm³/mol. The number of nitrogens with zero attached hydrogens (tertiary/aromatic N) is 1. The Morgan fingerprint density at radius 3 is 2.67 bits per heavy atom. The van der Waals surface area contributed by atoms with Gasteiger partial charge in [0.05, 0.1) is 32.4 Å². The van der Waals surface area contributed by atoms with Crippen molar-refractivity contribution in [3.8, 4) is 11.5 Å². The van der Waals surface area contributed by atoms with Gasteiger partial charge in [-0.2, -0.15) is 0 Å². The second kappa shape index (κ2) is 7.83. The average Bonchev–Trinajstić information content (AvgIpc) is 2.90. The first-order valence-electron chi connectivity index (χ1n) is 7.54. The fourth-order valence-corrected chi connectivity index (χ4v) is 2.40. The van der Waals surface area contributed by atoms with Crippen LogP contribution in [0.2, 0.25) is 0 Å². The molecule has 1 heterocycles. The van der Waals surface area contributed by atoms with Crippen LogP contribution in [0, 0.1) is 13.8 Å². The van der Waals surface area contributed by atoms with Crippen LogP contribution in [-0.4, -0.2) is 36.9 Å². The maximum Gasteiger partial charge on any atom is 0.224 e. The van der Waals surface area contributed by atoms with Crippen LogP contribution in [0.3, 0.4) is 0 Å². The van der Waals surface area contributed by atoms with E-state index in [4.69, 9.17) is 14.0 Å². The van der Waals surface area contributed by atoms with E-state index in [0.29, 0.717) is 28.5 Å². The molecule has 2 rings (SSSR count). The number of ether oxygens (including phenoxy) is 2. The van der Waals surface area contributed by atoms with Gasteiger partial charge in [-0.25, -0.2) is 0 Å². The van der Waals surface area contributed by atoms with Gasteiger partial charge in [0.15, 0.2) is 0 Å². The van der Waals surface area contributed by atoms with Crippen LogP contribution < -0.4 is 14.8 Å². The first kappa shape index (κ1) is 17.8. The summed E-state index contributed by atoms with van der Waals surface area (Å²) in [5, 5.41) is 16.9. The number of benzene rings is 1. The fraction of sp³-hybridized carbons (Fsp3) is 0.412. The summed E-state index contributed by atoms with van der Waals surface area (Å²) in [5.41, 5.74) is 2.01. The first-order chi connectivity index (χ1) is 11.5. The molecule has 0 spiro atoms. The number of nitrogens with one attached hydrogen (secondary N) is 1. The van der Waals surface area contributed by atoms with Crippen molar-refractivity contribution in [2.45, 2.75) is 26.4 Å². The molecule has 0 bridgehead atoms. The Morgan fingerprint density at radius 2 is 2.08 bits per heavy atom. The normalized spacial score (nSPS) is 11.9. The van der Waals surface area contributed by atoms with Crippen molar-refractivity contribution in [2.24, 2.45) is 0 Å². The molecule has 0 saturated carbocycles. The van der Waals surface area contributed by atoms with Crippen LogP contribution in [-0.2, 0) is 11.2 Å². The minimum atomic E-state index is -0.913. The summed E-state index contributed by atoms with van der Waals surface area (Å²) in [6, 6.07) is 5.14. The molecular weight excluding hydrogens is 312 g/mol. The number of aryl methyl sites for hydroxylation is 2. The zero-order valence-corrected chi connectivity index (χ0v) is 14.3. The largest absolute Gasteiger partial charge is 0.497 e. The summed E-state index contributed by atoms with van der Waals surface area (Å²) in [7, 11) is 3.07. The summed E-state index contributed by atoms with van der Waals surface area (Å²) >= 11 is 0. The van der Waals surface area contributed by atoms with Gasteiger partial charge in [0.25, 0.3) is 0 Å². The second-order valence-electron chi connectivity index (χ2n) is 5.41. The monoisotopic (exact) mass is 334 g/mol. The molecule has 2 aromatic rings. The Kier molecular flexibility index (Phi) is 5.81. The van der Waals surface area contributed by atoms with E-state index in [0.717, 1.165) is 5.56 Å². The molecule has 7 nitrogen and oxygen atoms in total. The summed E-state index contributed by atoms with van der Waals surface area (Å²) in [4.78, 5) is 12.1. The van der Waals surface area contributed by atoms with E-state index in [9.17, 15) is 9.90 Å². The van der Waals surface area contributed by atoms with Crippen molar-refractivity contribution >= 4 is 5.91 Å². The molecule has 7 heteroatoms. The highest BCUT2D eigenvalue weighted by Gasteiger charge is 2.17. The Hall–Kier alpha value is -2.54. The molecule has 1 aromatic carbocycles. The first-order valence-corrected chi connectivity index (χ1v) is 7.54. The fourth-order valence-electron chi connectivity index (χ4n) is 2.40. The van der Waals surface area contributed by atoms with Crippen LogP contribution in [0.1, 0.15) is 28.7 Å². The number of carbonyl (C=O) groups excluding carboxylic acids is 1. The number of amides is 1. The average molecular weight is 334 g/mol. The van der Waals surface area contributed by atoms with Crippen molar-refractivity contribution < 1.29 is 23.9 Å². The van der Waals surface area contributed by atoms with Gasteiger partial charge in [-0.05, 0) is 32.0 Å². The maximum atomic E-state index is 12.1. The maximum absolute atomic E-state index is 12.1. The minimum Gasteiger partial charge on any atom is -0.497 e. The Balaban J connectivity index is 2.00. The van der Waals surface area contributed by atoms with E-state index in [2.05, 4.69) is 10.5 Å². The third-order valence-electron chi connectivity index (χ3n) is 3.81. The predicted octanol–water partition coefficient (Wildman–Crippen LogP) is 1.70. The summed E-state index contributed by atoms with van der Waals surface area (Å²) < 4.78 is 15.4. The zero-order chi connectivity index (χ0) is 17.7. The van der Waals surface area contributed by atoms with Gasteiger partial charge >= 0.3 is 0 Å². The Morgan fingerprint density at radius 1 is 1.33 bits per heavy atom. The third-order valence-corrected chi connectivity index (χ3v) is 3.81. The highest BCUT2D eigenvalue weighted by Crippen LogP contribution is 2.29. The van der Waals surface area contributed by atoms with E-state index in [-0.39, 0.29) is 18.9 Å². The molecule has 2 N–H and O–H groups in total. The minimum absolute atomic E-state index is 0.0612. The molecule has 0 aliphatic heterocycles. The van der Waals surface area contributed by atoms with Crippen molar-refractivity contribution in [1.82, 2.24) is 10.5 Å². The van der Waals surface area contributed by atoms with Crippen molar-refractivity contribution in [2.75, 3.05) is 20.8 Å². The smallest absolute Gasteiger partial charge is 0.224 e. The van der Waals surface area contributed by atoms with E-state index in [1.54, 1.807) is 39.2 Å². The lowest BCUT2D eigenvalue weighted by Gasteiger charge is -2.16. The number of methoxy groups -OCH3 is 2. The molecule has 1 amide bonds. The summed E-state index contributed by atoms with van der Waals surface area (Å²) in [6.07, 6.45) is -0.757. The van der Waals surface area contributed by atoms with Gasteiger partial charge in [0.1, 0.15) is 17.3 Å². The lowest BCUT2D eigenvalue weighted by molar-refractivity contribution is -0.120. The SMILES string of the molecule is COc1ccc(OC)c([C@H](O)CNC(=O)Cc2c(C)noc2C)c1. The lowest BCUT2D eigenvalue weighted by atomic mass is 10.1. The number of hydrogen-bond acceptors (Lipinski definition) is 6. The van der Waals surface area contributed by atoms with E-state index in [1.807, 2.05) is 0 Å². The molecule has 1 aromatic heterocycles. The molecule has 0 fully saturated rings. The van der Waals surface area contributed by atoms with Gasteiger partial charge < -0.3 is 24.4 Å². The van der Waals surface area contributed by atoms with Crippen LogP contribution in [0.4, 0.5) is 0 Å². The molecule has 0 unspecified atom stereocenters. The summed E-state index contributed by atoms with van der Waals surface area (Å²) in [6.45, 7) is 3.61. The van der Waals surface area contributed by atoms with E-state index >= 15 is 0 Å². The molecule has 130 valence electrons. The van der Waals surface area contributed by atoms with E-state index < -0.39 is 6.10 Å². The van der Waals surface area contributed by atoms with Gasteiger partial charge in [-0.15, -0.1) is 0 Å². The lowest BCUT2D eigenvalue weighted by Crippen LogP contribution is -2.30. The van der Waals surface area contributed by atoms with Gasteiger partial charge in [-0.1, -0.05) is 5.16 Å². The van der Waals surface area contributed by atoms with Crippen molar-refractivity contribution in [1.29, 1.82) is 0 Å². The molecule has 0 saturated heterocycles. The highest BCUT2D eigenvalue weighted by molar-refractivity contribution is 5.79. The number of carbonyl (C=O) groups is 1. The van der Waals surface area contributed by atoms with Crippen molar-refractivity contribution in [3.05, 3.63) is 40.8 Å². The topological polar surface area (TPSA) is 93.8 Å². The third kappa shape index (κ3) is 4.05. The van der Waals surface area contributed by atoms with Gasteiger partial charge in [-0.3, -0.25) is 4.79 Å². The number of rotatable bonds is 7. The van der Waals surface area contributed by atoms with Crippen LogP contribution in [0.25, 0.3) is 0 Å². The van der Waals surface area contributed by atoms with Crippen LogP contribution >= 0.6 is 0 Å². The number of aliphatic hydroxyl groups is 1. The van der Waals surface area contributed by atoms with Gasteiger partial charge in [0, 0.05) is 17.7 Å². The quantitative estimate of drug-likeness (QED) is 0.800.